The van der Waals surface area contributed by atoms with E-state index in [1.165, 1.54) is 13.5 Å². The SMILES string of the molecule is CNC1(C(=O)OC)CCCC[C@H]1C. The van der Waals surface area contributed by atoms with Crippen LogP contribution in [0.4, 0.5) is 0 Å². The Hall–Kier alpha value is -0.570. The Morgan fingerprint density at radius 3 is 2.69 bits per heavy atom. The Bertz CT molecular complexity index is 193. The molecule has 0 bridgehead atoms. The highest BCUT2D eigenvalue weighted by atomic mass is 16.5. The Morgan fingerprint density at radius 1 is 1.54 bits per heavy atom. The molecule has 1 fully saturated rings. The van der Waals surface area contributed by atoms with Gasteiger partial charge in [0.1, 0.15) is 5.54 Å². The molecule has 0 saturated heterocycles. The van der Waals surface area contributed by atoms with Gasteiger partial charge in [-0.05, 0) is 25.8 Å². The lowest BCUT2D eigenvalue weighted by molar-refractivity contribution is -0.152. The molecule has 0 heterocycles. The zero-order valence-corrected chi connectivity index (χ0v) is 8.72. The second kappa shape index (κ2) is 4.09. The molecule has 0 aromatic carbocycles. The Labute approximate surface area is 79.8 Å². The predicted octanol–water partition coefficient (Wildman–Crippen LogP) is 1.33. The third-order valence-electron chi connectivity index (χ3n) is 3.30. The first kappa shape index (κ1) is 10.5. The van der Waals surface area contributed by atoms with E-state index in [1.54, 1.807) is 0 Å². The Balaban J connectivity index is 2.82. The average molecular weight is 185 g/mol. The number of esters is 1. The van der Waals surface area contributed by atoms with E-state index in [0.29, 0.717) is 5.92 Å². The van der Waals surface area contributed by atoms with Crippen molar-refractivity contribution in [3.05, 3.63) is 0 Å². The van der Waals surface area contributed by atoms with Gasteiger partial charge in [-0.1, -0.05) is 19.8 Å². The summed E-state index contributed by atoms with van der Waals surface area (Å²) in [5, 5.41) is 3.14. The van der Waals surface area contributed by atoms with Gasteiger partial charge in [0.15, 0.2) is 0 Å². The maximum Gasteiger partial charge on any atom is 0.326 e. The summed E-state index contributed by atoms with van der Waals surface area (Å²) in [6.45, 7) is 2.12. The van der Waals surface area contributed by atoms with E-state index in [9.17, 15) is 4.79 Å². The predicted molar refractivity (Wildman–Crippen MR) is 51.4 cm³/mol. The van der Waals surface area contributed by atoms with Gasteiger partial charge in [0.25, 0.3) is 0 Å². The van der Waals surface area contributed by atoms with Crippen LogP contribution in [0, 0.1) is 5.92 Å². The van der Waals surface area contributed by atoms with Gasteiger partial charge in [0.05, 0.1) is 7.11 Å². The molecule has 0 spiro atoms. The van der Waals surface area contributed by atoms with E-state index in [1.807, 2.05) is 7.05 Å². The van der Waals surface area contributed by atoms with Crippen molar-refractivity contribution >= 4 is 5.97 Å². The van der Waals surface area contributed by atoms with Crippen LogP contribution in [0.1, 0.15) is 32.6 Å². The van der Waals surface area contributed by atoms with E-state index in [-0.39, 0.29) is 5.97 Å². The molecule has 3 heteroatoms. The van der Waals surface area contributed by atoms with Gasteiger partial charge in [0, 0.05) is 0 Å². The molecular weight excluding hydrogens is 166 g/mol. The summed E-state index contributed by atoms with van der Waals surface area (Å²) in [6, 6.07) is 0. The largest absolute Gasteiger partial charge is 0.468 e. The number of methoxy groups -OCH3 is 1. The number of hydrogen-bond donors (Lipinski definition) is 1. The zero-order chi connectivity index (χ0) is 9.90. The zero-order valence-electron chi connectivity index (χ0n) is 8.72. The lowest BCUT2D eigenvalue weighted by Crippen LogP contribution is -2.57. The van der Waals surface area contributed by atoms with Crippen molar-refractivity contribution in [2.45, 2.75) is 38.1 Å². The van der Waals surface area contributed by atoms with Crippen molar-refractivity contribution in [3.63, 3.8) is 0 Å². The summed E-state index contributed by atoms with van der Waals surface area (Å²) in [5.74, 6) is 0.265. The van der Waals surface area contributed by atoms with Crippen molar-refractivity contribution < 1.29 is 9.53 Å². The molecular formula is C10H19NO2. The minimum absolute atomic E-state index is 0.109. The average Bonchev–Trinajstić information content (AvgIpc) is 2.18. The first-order valence-electron chi connectivity index (χ1n) is 4.94. The summed E-state index contributed by atoms with van der Waals surface area (Å²) in [4.78, 5) is 11.6. The third kappa shape index (κ3) is 1.70. The molecule has 1 aliphatic rings. The van der Waals surface area contributed by atoms with E-state index in [2.05, 4.69) is 12.2 Å². The van der Waals surface area contributed by atoms with Crippen molar-refractivity contribution in [1.29, 1.82) is 0 Å². The van der Waals surface area contributed by atoms with Crippen molar-refractivity contribution in [2.24, 2.45) is 5.92 Å². The molecule has 0 radical (unpaired) electrons. The Morgan fingerprint density at radius 2 is 2.23 bits per heavy atom. The number of hydrogen-bond acceptors (Lipinski definition) is 3. The van der Waals surface area contributed by atoms with Gasteiger partial charge in [-0.2, -0.15) is 0 Å². The fraction of sp³-hybridized carbons (Fsp3) is 0.900. The molecule has 2 atom stereocenters. The molecule has 1 N–H and O–H groups in total. The highest BCUT2D eigenvalue weighted by molar-refractivity contribution is 5.81. The van der Waals surface area contributed by atoms with Crippen LogP contribution in [0.15, 0.2) is 0 Å². The smallest absolute Gasteiger partial charge is 0.326 e. The van der Waals surface area contributed by atoms with Crippen LogP contribution >= 0.6 is 0 Å². The standard InChI is InChI=1S/C10H19NO2/c1-8-6-4-5-7-10(8,11-2)9(12)13-3/h8,11H,4-7H2,1-3H3/t8-,10?/m1/s1. The molecule has 0 amide bonds. The first-order valence-corrected chi connectivity index (χ1v) is 4.94. The molecule has 3 nitrogen and oxygen atoms in total. The maximum atomic E-state index is 11.6. The molecule has 0 aromatic heterocycles. The summed E-state index contributed by atoms with van der Waals surface area (Å²) >= 11 is 0. The quantitative estimate of drug-likeness (QED) is 0.659. The third-order valence-corrected chi connectivity index (χ3v) is 3.30. The van der Waals surface area contributed by atoms with Crippen LogP contribution < -0.4 is 5.32 Å². The molecule has 1 saturated carbocycles. The van der Waals surface area contributed by atoms with Crippen LogP contribution in [0.2, 0.25) is 0 Å². The monoisotopic (exact) mass is 185 g/mol. The van der Waals surface area contributed by atoms with Gasteiger partial charge in [0.2, 0.25) is 0 Å². The number of carbonyl (C=O) groups excluding carboxylic acids is 1. The topological polar surface area (TPSA) is 38.3 Å². The minimum Gasteiger partial charge on any atom is -0.468 e. The van der Waals surface area contributed by atoms with Gasteiger partial charge in [-0.15, -0.1) is 0 Å². The highest BCUT2D eigenvalue weighted by Crippen LogP contribution is 2.34. The number of ether oxygens (including phenoxy) is 1. The molecule has 0 aliphatic heterocycles. The summed E-state index contributed by atoms with van der Waals surface area (Å²) < 4.78 is 4.85. The van der Waals surface area contributed by atoms with Crippen molar-refractivity contribution in [3.8, 4) is 0 Å². The fourth-order valence-electron chi connectivity index (χ4n) is 2.31. The summed E-state index contributed by atoms with van der Waals surface area (Å²) in [7, 11) is 3.31. The number of carbonyl (C=O) groups is 1. The van der Waals surface area contributed by atoms with Gasteiger partial charge in [-0.25, -0.2) is 0 Å². The number of rotatable bonds is 2. The van der Waals surface area contributed by atoms with Crippen LogP contribution in [0.5, 0.6) is 0 Å². The lowest BCUT2D eigenvalue weighted by atomic mass is 9.73. The fourth-order valence-corrected chi connectivity index (χ4v) is 2.31. The first-order chi connectivity index (χ1) is 6.17. The van der Waals surface area contributed by atoms with Gasteiger partial charge in [-0.3, -0.25) is 4.79 Å². The van der Waals surface area contributed by atoms with Gasteiger partial charge < -0.3 is 10.1 Å². The van der Waals surface area contributed by atoms with E-state index in [4.69, 9.17) is 4.74 Å². The van der Waals surface area contributed by atoms with Crippen LogP contribution in [-0.2, 0) is 9.53 Å². The molecule has 0 aromatic rings. The van der Waals surface area contributed by atoms with Crippen LogP contribution in [0.25, 0.3) is 0 Å². The maximum absolute atomic E-state index is 11.6. The number of nitrogens with one attached hydrogen (secondary N) is 1. The highest BCUT2D eigenvalue weighted by Gasteiger charge is 2.44. The Kier molecular flexibility index (Phi) is 3.31. The molecule has 1 rings (SSSR count). The van der Waals surface area contributed by atoms with Crippen LogP contribution in [-0.4, -0.2) is 25.7 Å². The van der Waals surface area contributed by atoms with E-state index in [0.717, 1.165) is 19.3 Å². The second-order valence-corrected chi connectivity index (χ2v) is 3.86. The minimum atomic E-state index is -0.424. The van der Waals surface area contributed by atoms with Crippen molar-refractivity contribution in [1.82, 2.24) is 5.32 Å². The van der Waals surface area contributed by atoms with E-state index >= 15 is 0 Å². The van der Waals surface area contributed by atoms with E-state index < -0.39 is 5.54 Å². The summed E-state index contributed by atoms with van der Waals surface area (Å²) in [6.07, 6.45) is 4.34. The van der Waals surface area contributed by atoms with Crippen LogP contribution in [0.3, 0.4) is 0 Å². The normalized spacial score (nSPS) is 34.2. The molecule has 13 heavy (non-hydrogen) atoms. The molecule has 76 valence electrons. The molecule has 1 aliphatic carbocycles. The van der Waals surface area contributed by atoms with Gasteiger partial charge >= 0.3 is 5.97 Å². The van der Waals surface area contributed by atoms with Crippen molar-refractivity contribution in [2.75, 3.05) is 14.2 Å². The second-order valence-electron chi connectivity index (χ2n) is 3.86. The molecule has 1 unspecified atom stereocenters. The lowest BCUT2D eigenvalue weighted by Gasteiger charge is -2.39. The summed E-state index contributed by atoms with van der Waals surface area (Å²) in [5.41, 5.74) is -0.424. The number of likely N-dealkylation sites (N-methyl/N-ethyl adjacent to an activating group) is 1.